The Morgan fingerprint density at radius 1 is 1.17 bits per heavy atom. The molecular weight excluding hydrogens is 246 g/mol. The van der Waals surface area contributed by atoms with Crippen molar-refractivity contribution in [1.29, 1.82) is 0 Å². The van der Waals surface area contributed by atoms with Crippen LogP contribution in [0.2, 0.25) is 0 Å². The van der Waals surface area contributed by atoms with Crippen LogP contribution in [0.3, 0.4) is 0 Å². The smallest absolute Gasteiger partial charge is 0.188 e. The van der Waals surface area contributed by atoms with E-state index < -0.39 is 0 Å². The van der Waals surface area contributed by atoms with E-state index in [1.54, 1.807) is 11.8 Å². The molecule has 94 valence electrons. The topological polar surface area (TPSA) is 76.7 Å². The lowest BCUT2D eigenvalue weighted by atomic mass is 10.4. The lowest BCUT2D eigenvalue weighted by molar-refractivity contribution is 0.901. The number of aryl methyl sites for hydroxylation is 2. The van der Waals surface area contributed by atoms with Crippen molar-refractivity contribution in [3.63, 3.8) is 0 Å². The highest BCUT2D eigenvalue weighted by Crippen LogP contribution is 2.19. The normalized spacial score (nSPS) is 10.4. The fourth-order valence-electron chi connectivity index (χ4n) is 1.54. The Bertz CT molecular complexity index is 523. The summed E-state index contributed by atoms with van der Waals surface area (Å²) >= 11 is 1.57. The van der Waals surface area contributed by atoms with Gasteiger partial charge in [0.2, 0.25) is 0 Å². The zero-order valence-corrected chi connectivity index (χ0v) is 11.2. The van der Waals surface area contributed by atoms with E-state index in [0.29, 0.717) is 5.82 Å². The third-order valence-electron chi connectivity index (χ3n) is 2.27. The number of thioether (sulfide) groups is 1. The molecule has 0 fully saturated rings. The molecule has 3 N–H and O–H groups in total. The van der Waals surface area contributed by atoms with Gasteiger partial charge in [-0.05, 0) is 32.0 Å². The summed E-state index contributed by atoms with van der Waals surface area (Å²) < 4.78 is 0. The van der Waals surface area contributed by atoms with E-state index in [-0.39, 0.29) is 0 Å². The summed E-state index contributed by atoms with van der Waals surface area (Å²) in [6.07, 6.45) is 0. The highest BCUT2D eigenvalue weighted by atomic mass is 32.2. The van der Waals surface area contributed by atoms with Gasteiger partial charge in [-0.15, -0.1) is 0 Å². The van der Waals surface area contributed by atoms with Crippen molar-refractivity contribution in [1.82, 2.24) is 15.0 Å². The highest BCUT2D eigenvalue weighted by molar-refractivity contribution is 7.98. The van der Waals surface area contributed by atoms with Crippen LogP contribution in [0.5, 0.6) is 0 Å². The van der Waals surface area contributed by atoms with Crippen molar-refractivity contribution in [2.45, 2.75) is 24.8 Å². The number of hydrogen-bond donors (Lipinski definition) is 2. The quantitative estimate of drug-likeness (QED) is 0.380. The molecule has 0 spiro atoms. The van der Waals surface area contributed by atoms with Gasteiger partial charge < -0.3 is 5.43 Å². The molecule has 2 rings (SSSR count). The molecule has 18 heavy (non-hydrogen) atoms. The summed E-state index contributed by atoms with van der Waals surface area (Å²) in [6, 6.07) is 7.65. The second-order valence-electron chi connectivity index (χ2n) is 3.88. The Hall–Kier alpha value is -1.66. The van der Waals surface area contributed by atoms with Crippen LogP contribution >= 0.6 is 11.8 Å². The van der Waals surface area contributed by atoms with Gasteiger partial charge in [0.25, 0.3) is 0 Å². The molecular formula is C12H15N5S. The summed E-state index contributed by atoms with van der Waals surface area (Å²) in [4.78, 5) is 13.1. The maximum absolute atomic E-state index is 5.32. The minimum atomic E-state index is 0.662. The van der Waals surface area contributed by atoms with E-state index in [9.17, 15) is 0 Å². The zero-order valence-electron chi connectivity index (χ0n) is 10.3. The second kappa shape index (κ2) is 5.79. The largest absolute Gasteiger partial charge is 0.308 e. The predicted octanol–water partition coefficient (Wildman–Crippen LogP) is 2.07. The molecule has 5 nitrogen and oxygen atoms in total. The van der Waals surface area contributed by atoms with Gasteiger partial charge in [0.15, 0.2) is 5.16 Å². The van der Waals surface area contributed by atoms with E-state index in [1.807, 2.05) is 38.1 Å². The standard InChI is InChI=1S/C12H15N5S/c1-8-6-9(2)15-12(14-8)18-7-10-4-3-5-11(16-10)17-13/h3-6H,7,13H2,1-2H3,(H,16,17). The number of aromatic nitrogens is 3. The molecule has 0 aliphatic heterocycles. The molecule has 2 aromatic heterocycles. The molecule has 2 heterocycles. The van der Waals surface area contributed by atoms with Crippen LogP contribution in [-0.4, -0.2) is 15.0 Å². The maximum Gasteiger partial charge on any atom is 0.188 e. The predicted molar refractivity (Wildman–Crippen MR) is 73.1 cm³/mol. The van der Waals surface area contributed by atoms with Crippen molar-refractivity contribution in [2.75, 3.05) is 5.43 Å². The van der Waals surface area contributed by atoms with Crippen molar-refractivity contribution in [2.24, 2.45) is 5.84 Å². The Kier molecular flexibility index (Phi) is 4.11. The van der Waals surface area contributed by atoms with Crippen LogP contribution in [0, 0.1) is 13.8 Å². The van der Waals surface area contributed by atoms with Crippen LogP contribution in [0.25, 0.3) is 0 Å². The first-order valence-corrected chi connectivity index (χ1v) is 6.53. The summed E-state index contributed by atoms with van der Waals surface area (Å²) in [6.45, 7) is 3.94. The Labute approximate surface area is 110 Å². The maximum atomic E-state index is 5.32. The summed E-state index contributed by atoms with van der Waals surface area (Å²) in [7, 11) is 0. The SMILES string of the molecule is Cc1cc(C)nc(SCc2cccc(NN)n2)n1. The zero-order chi connectivity index (χ0) is 13.0. The van der Waals surface area contributed by atoms with Crippen molar-refractivity contribution < 1.29 is 0 Å². The van der Waals surface area contributed by atoms with Gasteiger partial charge in [0.1, 0.15) is 5.82 Å². The van der Waals surface area contributed by atoms with Gasteiger partial charge in [-0.3, -0.25) is 0 Å². The van der Waals surface area contributed by atoms with Crippen molar-refractivity contribution >= 4 is 17.6 Å². The number of pyridine rings is 1. The monoisotopic (exact) mass is 261 g/mol. The van der Waals surface area contributed by atoms with Gasteiger partial charge in [-0.2, -0.15) is 0 Å². The lowest BCUT2D eigenvalue weighted by Crippen LogP contribution is -2.08. The van der Waals surface area contributed by atoms with E-state index in [2.05, 4.69) is 20.4 Å². The minimum Gasteiger partial charge on any atom is -0.308 e. The molecule has 2 aromatic rings. The van der Waals surface area contributed by atoms with Gasteiger partial charge in [0, 0.05) is 17.1 Å². The van der Waals surface area contributed by atoms with E-state index in [0.717, 1.165) is 28.0 Å². The summed E-state index contributed by atoms with van der Waals surface area (Å²) in [5, 5.41) is 0.778. The third kappa shape index (κ3) is 3.41. The Balaban J connectivity index is 2.06. The minimum absolute atomic E-state index is 0.662. The molecule has 6 heteroatoms. The molecule has 0 saturated heterocycles. The van der Waals surface area contributed by atoms with Gasteiger partial charge in [-0.25, -0.2) is 20.8 Å². The number of anilines is 1. The second-order valence-corrected chi connectivity index (χ2v) is 4.82. The molecule has 0 bridgehead atoms. The van der Waals surface area contributed by atoms with Crippen molar-refractivity contribution in [3.8, 4) is 0 Å². The molecule has 0 radical (unpaired) electrons. The number of nitrogens with zero attached hydrogens (tertiary/aromatic N) is 3. The molecule has 0 saturated carbocycles. The fourth-order valence-corrected chi connectivity index (χ4v) is 2.39. The summed E-state index contributed by atoms with van der Waals surface area (Å²) in [5.41, 5.74) is 5.44. The number of rotatable bonds is 4. The van der Waals surface area contributed by atoms with Gasteiger partial charge >= 0.3 is 0 Å². The average molecular weight is 261 g/mol. The number of nitrogens with one attached hydrogen (secondary N) is 1. The number of hydrazine groups is 1. The van der Waals surface area contributed by atoms with Gasteiger partial charge in [0.05, 0.1) is 5.69 Å². The Morgan fingerprint density at radius 2 is 1.89 bits per heavy atom. The molecule has 0 atom stereocenters. The fraction of sp³-hybridized carbons (Fsp3) is 0.250. The van der Waals surface area contributed by atoms with Crippen LogP contribution in [-0.2, 0) is 5.75 Å². The molecule has 0 aliphatic carbocycles. The van der Waals surface area contributed by atoms with Crippen molar-refractivity contribution in [3.05, 3.63) is 41.3 Å². The molecule has 0 amide bonds. The Morgan fingerprint density at radius 3 is 2.56 bits per heavy atom. The lowest BCUT2D eigenvalue weighted by Gasteiger charge is -2.04. The van der Waals surface area contributed by atoms with E-state index >= 15 is 0 Å². The first kappa shape index (κ1) is 12.8. The molecule has 0 aromatic carbocycles. The van der Waals surface area contributed by atoms with Crippen LogP contribution < -0.4 is 11.3 Å². The third-order valence-corrected chi connectivity index (χ3v) is 3.15. The summed E-state index contributed by atoms with van der Waals surface area (Å²) in [5.74, 6) is 6.70. The molecule has 0 aliphatic rings. The first-order chi connectivity index (χ1) is 8.67. The molecule has 0 unspecified atom stereocenters. The van der Waals surface area contributed by atoms with Crippen LogP contribution in [0.15, 0.2) is 29.4 Å². The van der Waals surface area contributed by atoms with E-state index in [4.69, 9.17) is 5.84 Å². The number of nitrogen functional groups attached to an aromatic ring is 1. The van der Waals surface area contributed by atoms with Crippen LogP contribution in [0.4, 0.5) is 5.82 Å². The first-order valence-electron chi connectivity index (χ1n) is 5.55. The highest BCUT2D eigenvalue weighted by Gasteiger charge is 2.03. The average Bonchev–Trinajstić information content (AvgIpc) is 2.35. The van der Waals surface area contributed by atoms with Crippen LogP contribution in [0.1, 0.15) is 17.1 Å². The number of hydrogen-bond acceptors (Lipinski definition) is 6. The number of nitrogens with two attached hydrogens (primary N) is 1. The van der Waals surface area contributed by atoms with Gasteiger partial charge in [-0.1, -0.05) is 17.8 Å². The van der Waals surface area contributed by atoms with E-state index in [1.165, 1.54) is 0 Å².